The van der Waals surface area contributed by atoms with E-state index in [0.29, 0.717) is 5.75 Å². The van der Waals surface area contributed by atoms with E-state index in [0.717, 1.165) is 0 Å². The number of aromatic carboxylic acids is 1. The number of benzene rings is 1. The molecule has 0 unspecified atom stereocenters. The maximum absolute atomic E-state index is 11.8. The number of carbonyl (C=O) groups excluding carboxylic acids is 1. The first-order valence-electron chi connectivity index (χ1n) is 5.34. The zero-order valence-corrected chi connectivity index (χ0v) is 10.0. The van der Waals surface area contributed by atoms with Crippen molar-refractivity contribution >= 4 is 17.6 Å². The molecule has 1 aromatic heterocycles. The predicted molar refractivity (Wildman–Crippen MR) is 66.5 cm³/mol. The third kappa shape index (κ3) is 2.71. The van der Waals surface area contributed by atoms with E-state index < -0.39 is 11.9 Å². The fourth-order valence-corrected chi connectivity index (χ4v) is 1.51. The summed E-state index contributed by atoms with van der Waals surface area (Å²) in [6, 6.07) is 5.71. The smallest absolute Gasteiger partial charge is 0.335 e. The van der Waals surface area contributed by atoms with Crippen molar-refractivity contribution in [3.8, 4) is 5.75 Å². The standard InChI is InChI=1S/C12H11N3O4/c1-19-10-3-2-7(12(17)18)6-9(10)14-11(16)8-4-5-13-15-8/h2-6H,1H3,(H,13,15)(H,14,16)(H,17,18). The Hall–Kier alpha value is -2.83. The second-order valence-electron chi connectivity index (χ2n) is 3.64. The Labute approximate surface area is 108 Å². The SMILES string of the molecule is COc1ccc(C(=O)O)cc1NC(=O)c1ccn[nH]1. The highest BCUT2D eigenvalue weighted by Gasteiger charge is 2.13. The zero-order chi connectivity index (χ0) is 13.8. The van der Waals surface area contributed by atoms with Crippen molar-refractivity contribution in [2.75, 3.05) is 12.4 Å². The molecule has 2 rings (SSSR count). The summed E-state index contributed by atoms with van der Waals surface area (Å²) in [5.74, 6) is -1.14. The molecule has 0 aliphatic carbocycles. The van der Waals surface area contributed by atoms with Gasteiger partial charge in [0, 0.05) is 6.20 Å². The van der Waals surface area contributed by atoms with Crippen molar-refractivity contribution in [1.29, 1.82) is 0 Å². The van der Waals surface area contributed by atoms with Crippen molar-refractivity contribution in [2.24, 2.45) is 0 Å². The molecular weight excluding hydrogens is 250 g/mol. The van der Waals surface area contributed by atoms with Gasteiger partial charge in [-0.15, -0.1) is 0 Å². The van der Waals surface area contributed by atoms with Gasteiger partial charge < -0.3 is 15.2 Å². The summed E-state index contributed by atoms with van der Waals surface area (Å²) in [5, 5.41) is 17.7. The number of methoxy groups -OCH3 is 1. The third-order valence-electron chi connectivity index (χ3n) is 2.44. The van der Waals surface area contributed by atoms with Crippen LogP contribution in [0.5, 0.6) is 5.75 Å². The van der Waals surface area contributed by atoms with E-state index in [4.69, 9.17) is 9.84 Å². The Morgan fingerprint density at radius 3 is 2.74 bits per heavy atom. The highest BCUT2D eigenvalue weighted by Crippen LogP contribution is 2.25. The topological polar surface area (TPSA) is 104 Å². The maximum Gasteiger partial charge on any atom is 0.335 e. The number of carboxylic acids is 1. The van der Waals surface area contributed by atoms with Crippen molar-refractivity contribution < 1.29 is 19.4 Å². The monoisotopic (exact) mass is 261 g/mol. The van der Waals surface area contributed by atoms with Gasteiger partial charge in [0.1, 0.15) is 11.4 Å². The first-order valence-corrected chi connectivity index (χ1v) is 5.34. The summed E-state index contributed by atoms with van der Waals surface area (Å²) < 4.78 is 5.06. The van der Waals surface area contributed by atoms with Gasteiger partial charge in [0.25, 0.3) is 5.91 Å². The second-order valence-corrected chi connectivity index (χ2v) is 3.64. The summed E-state index contributed by atoms with van der Waals surface area (Å²) in [7, 11) is 1.43. The molecule has 7 heteroatoms. The minimum absolute atomic E-state index is 0.0562. The van der Waals surface area contributed by atoms with E-state index in [9.17, 15) is 9.59 Å². The summed E-state index contributed by atoms with van der Waals surface area (Å²) in [4.78, 5) is 22.7. The van der Waals surface area contributed by atoms with Gasteiger partial charge in [-0.25, -0.2) is 4.79 Å². The average molecular weight is 261 g/mol. The van der Waals surface area contributed by atoms with Crippen molar-refractivity contribution in [1.82, 2.24) is 10.2 Å². The number of nitrogens with one attached hydrogen (secondary N) is 2. The molecule has 19 heavy (non-hydrogen) atoms. The molecule has 1 aromatic carbocycles. The van der Waals surface area contributed by atoms with Crippen molar-refractivity contribution in [2.45, 2.75) is 0 Å². The Morgan fingerprint density at radius 1 is 1.37 bits per heavy atom. The molecule has 1 heterocycles. The molecule has 2 aromatic rings. The number of nitrogens with zero attached hydrogens (tertiary/aromatic N) is 1. The van der Waals surface area contributed by atoms with Gasteiger partial charge in [0.15, 0.2) is 0 Å². The molecule has 7 nitrogen and oxygen atoms in total. The molecule has 0 aliphatic rings. The molecule has 0 atom stereocenters. The number of hydrogen-bond donors (Lipinski definition) is 3. The van der Waals surface area contributed by atoms with Crippen LogP contribution in [0.1, 0.15) is 20.8 Å². The van der Waals surface area contributed by atoms with Crippen molar-refractivity contribution in [3.05, 3.63) is 41.7 Å². The number of rotatable bonds is 4. The Balaban J connectivity index is 2.30. The Morgan fingerprint density at radius 2 is 2.16 bits per heavy atom. The third-order valence-corrected chi connectivity index (χ3v) is 2.44. The zero-order valence-electron chi connectivity index (χ0n) is 10.0. The molecule has 0 aliphatic heterocycles. The highest BCUT2D eigenvalue weighted by atomic mass is 16.5. The molecule has 1 amide bonds. The summed E-state index contributed by atoms with van der Waals surface area (Å²) in [6.07, 6.45) is 1.44. The molecule has 0 fully saturated rings. The highest BCUT2D eigenvalue weighted by molar-refractivity contribution is 6.04. The number of amides is 1. The van der Waals surface area contributed by atoms with Crippen LogP contribution in [0.15, 0.2) is 30.5 Å². The summed E-state index contributed by atoms with van der Waals surface area (Å²) in [6.45, 7) is 0. The lowest BCUT2D eigenvalue weighted by molar-refractivity contribution is 0.0696. The predicted octanol–water partition coefficient (Wildman–Crippen LogP) is 1.37. The number of hydrogen-bond acceptors (Lipinski definition) is 4. The van der Waals surface area contributed by atoms with Crippen LogP contribution in [0.25, 0.3) is 0 Å². The Bertz CT molecular complexity index is 607. The first-order chi connectivity index (χ1) is 9.11. The van der Waals surface area contributed by atoms with Gasteiger partial charge in [-0.1, -0.05) is 0 Å². The van der Waals surface area contributed by atoms with Crippen LogP contribution in [0.4, 0.5) is 5.69 Å². The van der Waals surface area contributed by atoms with Crippen LogP contribution in [0, 0.1) is 0 Å². The van der Waals surface area contributed by atoms with E-state index >= 15 is 0 Å². The summed E-state index contributed by atoms with van der Waals surface area (Å²) in [5.41, 5.74) is 0.602. The average Bonchev–Trinajstić information content (AvgIpc) is 2.92. The number of H-pyrrole nitrogens is 1. The summed E-state index contributed by atoms with van der Waals surface area (Å²) >= 11 is 0. The van der Waals surface area contributed by atoms with E-state index in [1.165, 1.54) is 37.6 Å². The van der Waals surface area contributed by atoms with Gasteiger partial charge in [-0.3, -0.25) is 9.89 Å². The second kappa shape index (κ2) is 5.21. The van der Waals surface area contributed by atoms with Gasteiger partial charge in [0.2, 0.25) is 0 Å². The number of aromatic nitrogens is 2. The van der Waals surface area contributed by atoms with Crippen LogP contribution in [0.3, 0.4) is 0 Å². The van der Waals surface area contributed by atoms with Crippen molar-refractivity contribution in [3.63, 3.8) is 0 Å². The molecule has 0 radical (unpaired) electrons. The van der Waals surface area contributed by atoms with Gasteiger partial charge >= 0.3 is 5.97 Å². The normalized spacial score (nSPS) is 9.95. The number of ether oxygens (including phenoxy) is 1. The van der Waals surface area contributed by atoms with Gasteiger partial charge in [-0.05, 0) is 24.3 Å². The molecule has 98 valence electrons. The molecule has 0 spiro atoms. The van der Waals surface area contributed by atoms with E-state index in [2.05, 4.69) is 15.5 Å². The molecule has 3 N–H and O–H groups in total. The fraction of sp³-hybridized carbons (Fsp3) is 0.0833. The van der Waals surface area contributed by atoms with Gasteiger partial charge in [-0.2, -0.15) is 5.10 Å². The van der Waals surface area contributed by atoms with Crippen LogP contribution >= 0.6 is 0 Å². The number of carbonyl (C=O) groups is 2. The lowest BCUT2D eigenvalue weighted by atomic mass is 10.2. The lowest BCUT2D eigenvalue weighted by Gasteiger charge is -2.10. The van der Waals surface area contributed by atoms with E-state index in [-0.39, 0.29) is 16.9 Å². The number of anilines is 1. The maximum atomic E-state index is 11.8. The Kier molecular flexibility index (Phi) is 3.46. The molecular formula is C12H11N3O4. The lowest BCUT2D eigenvalue weighted by Crippen LogP contribution is -2.13. The largest absolute Gasteiger partial charge is 0.495 e. The molecule has 0 saturated carbocycles. The van der Waals surface area contributed by atoms with Crippen LogP contribution in [-0.4, -0.2) is 34.3 Å². The van der Waals surface area contributed by atoms with Crippen LogP contribution in [-0.2, 0) is 0 Å². The molecule has 0 bridgehead atoms. The molecule has 0 saturated heterocycles. The van der Waals surface area contributed by atoms with Gasteiger partial charge in [0.05, 0.1) is 18.4 Å². The minimum Gasteiger partial charge on any atom is -0.495 e. The first kappa shape index (κ1) is 12.6. The number of aromatic amines is 1. The van der Waals surface area contributed by atoms with Crippen LogP contribution < -0.4 is 10.1 Å². The number of carboxylic acid groups (broad SMARTS) is 1. The van der Waals surface area contributed by atoms with Crippen LogP contribution in [0.2, 0.25) is 0 Å². The van der Waals surface area contributed by atoms with E-state index in [1.807, 2.05) is 0 Å². The van der Waals surface area contributed by atoms with E-state index in [1.54, 1.807) is 0 Å². The fourth-order valence-electron chi connectivity index (χ4n) is 1.51. The quantitative estimate of drug-likeness (QED) is 0.771. The minimum atomic E-state index is -1.08.